The van der Waals surface area contributed by atoms with Crippen molar-refractivity contribution in [3.8, 4) is 0 Å². The molecule has 3 N–H and O–H groups in total. The normalized spacial score (nSPS) is 21.6. The molecule has 2 amide bonds. The van der Waals surface area contributed by atoms with Crippen LogP contribution in [-0.4, -0.2) is 23.1 Å². The third-order valence-electron chi connectivity index (χ3n) is 3.87. The zero-order valence-corrected chi connectivity index (χ0v) is 13.4. The molecule has 2 atom stereocenters. The van der Waals surface area contributed by atoms with E-state index in [1.54, 1.807) is 0 Å². The van der Waals surface area contributed by atoms with Crippen LogP contribution in [0.2, 0.25) is 0 Å². The molecule has 114 valence electrons. The summed E-state index contributed by atoms with van der Waals surface area (Å²) in [6.07, 6.45) is 2.85. The number of carbonyl (C=O) groups is 2. The molecule has 0 spiro atoms. The van der Waals surface area contributed by atoms with Gasteiger partial charge in [-0.1, -0.05) is 28.4 Å². The molecule has 1 fully saturated rings. The van der Waals surface area contributed by atoms with E-state index in [1.807, 2.05) is 25.1 Å². The molecular formula is C15H19BrN2O3. The number of carboxylic acids is 1. The predicted molar refractivity (Wildman–Crippen MR) is 84.4 cm³/mol. The number of carboxylic acid groups (broad SMARTS) is 1. The first-order valence-electron chi connectivity index (χ1n) is 7.03. The molecule has 1 aliphatic carbocycles. The number of nitrogens with one attached hydrogen (secondary N) is 2. The lowest BCUT2D eigenvalue weighted by atomic mass is 9.86. The van der Waals surface area contributed by atoms with Crippen LogP contribution in [-0.2, 0) is 4.79 Å². The van der Waals surface area contributed by atoms with Gasteiger partial charge in [0.25, 0.3) is 0 Å². The van der Waals surface area contributed by atoms with Gasteiger partial charge in [-0.15, -0.1) is 0 Å². The number of carbonyl (C=O) groups excluding carboxylic acids is 1. The zero-order valence-electron chi connectivity index (χ0n) is 11.9. The number of urea groups is 1. The van der Waals surface area contributed by atoms with Gasteiger partial charge in [-0.25, -0.2) is 4.79 Å². The zero-order chi connectivity index (χ0) is 15.4. The van der Waals surface area contributed by atoms with Gasteiger partial charge in [-0.05, 0) is 43.9 Å². The number of anilines is 1. The van der Waals surface area contributed by atoms with Crippen LogP contribution in [0.1, 0.15) is 31.2 Å². The lowest BCUT2D eigenvalue weighted by Crippen LogP contribution is -2.42. The summed E-state index contributed by atoms with van der Waals surface area (Å²) >= 11 is 3.42. The standard InChI is InChI=1S/C15H19BrN2O3/c1-9-12(16)6-3-7-13(9)18-15(21)17-11-5-2-4-10(8-11)14(19)20/h3,6-7,10-11H,2,4-5,8H2,1H3,(H,19,20)(H2,17,18,21). The molecule has 2 rings (SSSR count). The van der Waals surface area contributed by atoms with E-state index >= 15 is 0 Å². The van der Waals surface area contributed by atoms with Crippen LogP contribution in [0.15, 0.2) is 22.7 Å². The number of hydrogen-bond acceptors (Lipinski definition) is 2. The Kier molecular flexibility index (Phi) is 5.22. The number of aliphatic carboxylic acids is 1. The Balaban J connectivity index is 1.92. The van der Waals surface area contributed by atoms with Gasteiger partial charge in [-0.2, -0.15) is 0 Å². The van der Waals surface area contributed by atoms with Crippen LogP contribution in [0.4, 0.5) is 10.5 Å². The Hall–Kier alpha value is -1.56. The topological polar surface area (TPSA) is 78.4 Å². The predicted octanol–water partition coefficient (Wildman–Crippen LogP) is 3.52. The minimum absolute atomic E-state index is 0.0766. The van der Waals surface area contributed by atoms with Crippen molar-refractivity contribution < 1.29 is 14.7 Å². The highest BCUT2D eigenvalue weighted by atomic mass is 79.9. The molecule has 0 bridgehead atoms. The SMILES string of the molecule is Cc1c(Br)cccc1NC(=O)NC1CCCC(C(=O)O)C1. The van der Waals surface area contributed by atoms with E-state index in [4.69, 9.17) is 5.11 Å². The second-order valence-corrected chi connectivity index (χ2v) is 6.26. The molecular weight excluding hydrogens is 336 g/mol. The van der Waals surface area contributed by atoms with Crippen LogP contribution >= 0.6 is 15.9 Å². The van der Waals surface area contributed by atoms with Crippen molar-refractivity contribution in [2.45, 2.75) is 38.6 Å². The third kappa shape index (κ3) is 4.20. The van der Waals surface area contributed by atoms with Crippen LogP contribution < -0.4 is 10.6 Å². The molecule has 5 nitrogen and oxygen atoms in total. The van der Waals surface area contributed by atoms with Crippen LogP contribution in [0, 0.1) is 12.8 Å². The van der Waals surface area contributed by atoms with Crippen molar-refractivity contribution in [2.75, 3.05) is 5.32 Å². The summed E-state index contributed by atoms with van der Waals surface area (Å²) in [5, 5.41) is 14.7. The summed E-state index contributed by atoms with van der Waals surface area (Å²) in [5.74, 6) is -1.12. The van der Waals surface area contributed by atoms with E-state index in [0.29, 0.717) is 12.8 Å². The van der Waals surface area contributed by atoms with Gasteiger partial charge in [0.05, 0.1) is 5.92 Å². The average Bonchev–Trinajstić information content (AvgIpc) is 2.44. The molecule has 1 aliphatic rings. The van der Waals surface area contributed by atoms with Crippen molar-refractivity contribution in [1.29, 1.82) is 0 Å². The van der Waals surface area contributed by atoms with Gasteiger partial charge in [0, 0.05) is 16.2 Å². The summed E-state index contributed by atoms with van der Waals surface area (Å²) in [7, 11) is 0. The maximum atomic E-state index is 12.0. The molecule has 0 aromatic heterocycles. The maximum absolute atomic E-state index is 12.0. The second-order valence-electron chi connectivity index (χ2n) is 5.41. The van der Waals surface area contributed by atoms with E-state index in [9.17, 15) is 9.59 Å². The summed E-state index contributed by atoms with van der Waals surface area (Å²) in [5.41, 5.74) is 1.70. The van der Waals surface area contributed by atoms with Gasteiger partial charge in [0.15, 0.2) is 0 Å². The average molecular weight is 355 g/mol. The number of benzene rings is 1. The van der Waals surface area contributed by atoms with Gasteiger partial charge < -0.3 is 15.7 Å². The number of rotatable bonds is 3. The fraction of sp³-hybridized carbons (Fsp3) is 0.467. The van der Waals surface area contributed by atoms with Crippen molar-refractivity contribution in [1.82, 2.24) is 5.32 Å². The fourth-order valence-corrected chi connectivity index (χ4v) is 3.00. The van der Waals surface area contributed by atoms with E-state index in [1.165, 1.54) is 0 Å². The van der Waals surface area contributed by atoms with Gasteiger partial charge in [-0.3, -0.25) is 4.79 Å². The first kappa shape index (κ1) is 15.8. The molecule has 0 aliphatic heterocycles. The quantitative estimate of drug-likeness (QED) is 0.776. The minimum Gasteiger partial charge on any atom is -0.481 e. The molecule has 21 heavy (non-hydrogen) atoms. The smallest absolute Gasteiger partial charge is 0.319 e. The number of amides is 2. The van der Waals surface area contributed by atoms with Gasteiger partial charge in [0.2, 0.25) is 0 Å². The first-order chi connectivity index (χ1) is 9.97. The molecule has 0 radical (unpaired) electrons. The molecule has 1 aromatic carbocycles. The molecule has 2 unspecified atom stereocenters. The van der Waals surface area contributed by atoms with Crippen LogP contribution in [0.3, 0.4) is 0 Å². The highest BCUT2D eigenvalue weighted by Crippen LogP contribution is 2.25. The Morgan fingerprint density at radius 1 is 1.33 bits per heavy atom. The molecule has 1 saturated carbocycles. The van der Waals surface area contributed by atoms with Crippen molar-refractivity contribution in [3.63, 3.8) is 0 Å². The summed E-state index contributed by atoms with van der Waals surface area (Å²) in [4.78, 5) is 23.1. The Morgan fingerprint density at radius 2 is 2.10 bits per heavy atom. The lowest BCUT2D eigenvalue weighted by molar-refractivity contribution is -0.143. The van der Waals surface area contributed by atoms with Crippen LogP contribution in [0.25, 0.3) is 0 Å². The minimum atomic E-state index is -0.773. The van der Waals surface area contributed by atoms with E-state index in [0.717, 1.165) is 28.6 Å². The van der Waals surface area contributed by atoms with Crippen molar-refractivity contribution in [3.05, 3.63) is 28.2 Å². The fourth-order valence-electron chi connectivity index (χ4n) is 2.63. The van der Waals surface area contributed by atoms with Gasteiger partial charge >= 0.3 is 12.0 Å². The second kappa shape index (κ2) is 6.93. The van der Waals surface area contributed by atoms with Crippen molar-refractivity contribution in [2.24, 2.45) is 5.92 Å². The number of halogens is 1. The summed E-state index contributed by atoms with van der Waals surface area (Å²) in [6, 6.07) is 5.24. The Labute approximate surface area is 132 Å². The molecule has 0 saturated heterocycles. The van der Waals surface area contributed by atoms with E-state index in [2.05, 4.69) is 26.6 Å². The maximum Gasteiger partial charge on any atom is 0.319 e. The molecule has 1 aromatic rings. The van der Waals surface area contributed by atoms with Gasteiger partial charge in [0.1, 0.15) is 0 Å². The molecule has 0 heterocycles. The van der Waals surface area contributed by atoms with E-state index < -0.39 is 5.97 Å². The van der Waals surface area contributed by atoms with Crippen LogP contribution in [0.5, 0.6) is 0 Å². The Morgan fingerprint density at radius 3 is 2.81 bits per heavy atom. The molecule has 6 heteroatoms. The Bertz CT molecular complexity index is 548. The highest BCUT2D eigenvalue weighted by molar-refractivity contribution is 9.10. The first-order valence-corrected chi connectivity index (χ1v) is 7.82. The van der Waals surface area contributed by atoms with E-state index in [-0.39, 0.29) is 18.0 Å². The van der Waals surface area contributed by atoms with Crippen molar-refractivity contribution >= 4 is 33.6 Å². The lowest BCUT2D eigenvalue weighted by Gasteiger charge is -2.27. The third-order valence-corrected chi connectivity index (χ3v) is 4.73. The largest absolute Gasteiger partial charge is 0.481 e. The number of hydrogen-bond donors (Lipinski definition) is 3. The summed E-state index contributed by atoms with van der Waals surface area (Å²) in [6.45, 7) is 1.92. The highest BCUT2D eigenvalue weighted by Gasteiger charge is 2.27. The monoisotopic (exact) mass is 354 g/mol. The summed E-state index contributed by atoms with van der Waals surface area (Å²) < 4.78 is 0.934.